The molecule has 0 atom stereocenters. The molecule has 4 heteroatoms. The minimum absolute atomic E-state index is 0.731. The van der Waals surface area contributed by atoms with Crippen molar-refractivity contribution in [1.82, 2.24) is 15.3 Å². The Balaban J connectivity index is 1.53. The van der Waals surface area contributed by atoms with Crippen LogP contribution in [0.4, 0.5) is 5.82 Å². The minimum atomic E-state index is 0.731. The topological polar surface area (TPSA) is 41.1 Å². The maximum atomic E-state index is 4.58. The van der Waals surface area contributed by atoms with Crippen LogP contribution < -0.4 is 10.2 Å². The predicted molar refractivity (Wildman–Crippen MR) is 77.1 cm³/mol. The molecule has 3 rings (SSSR count). The fraction of sp³-hybridized carbons (Fsp3) is 0.733. The van der Waals surface area contributed by atoms with Gasteiger partial charge in [-0.2, -0.15) is 0 Å². The van der Waals surface area contributed by atoms with Gasteiger partial charge in [0.2, 0.25) is 0 Å². The summed E-state index contributed by atoms with van der Waals surface area (Å²) in [5.41, 5.74) is 1.05. The quantitative estimate of drug-likeness (QED) is 0.882. The van der Waals surface area contributed by atoms with Crippen molar-refractivity contribution in [3.05, 3.63) is 18.1 Å². The highest BCUT2D eigenvalue weighted by molar-refractivity contribution is 5.36. The van der Waals surface area contributed by atoms with Gasteiger partial charge in [0.05, 0.1) is 18.1 Å². The van der Waals surface area contributed by atoms with Crippen LogP contribution in [0.3, 0.4) is 0 Å². The molecule has 2 fully saturated rings. The normalized spacial score (nSPS) is 20.8. The Morgan fingerprint density at radius 3 is 2.53 bits per heavy atom. The van der Waals surface area contributed by atoms with Crippen LogP contribution in [0.1, 0.15) is 44.7 Å². The summed E-state index contributed by atoms with van der Waals surface area (Å²) in [6.07, 6.45) is 10.4. The fourth-order valence-electron chi connectivity index (χ4n) is 2.71. The summed E-state index contributed by atoms with van der Waals surface area (Å²) < 4.78 is 0. The molecule has 2 aliphatic rings. The van der Waals surface area contributed by atoms with Crippen LogP contribution >= 0.6 is 0 Å². The maximum absolute atomic E-state index is 4.58. The highest BCUT2D eigenvalue weighted by Gasteiger charge is 2.21. The first-order valence-corrected chi connectivity index (χ1v) is 7.64. The molecule has 0 unspecified atom stereocenters. The molecule has 104 valence electrons. The van der Waals surface area contributed by atoms with E-state index in [1.807, 2.05) is 12.4 Å². The van der Waals surface area contributed by atoms with Crippen molar-refractivity contribution in [3.63, 3.8) is 0 Å². The van der Waals surface area contributed by atoms with E-state index in [1.54, 1.807) is 0 Å². The standard InChI is InChI=1S/C15H24N4/c1-2-12-5-7-19(8-6-12)15-11-17-14(10-18-15)9-16-13-3-4-13/h10-13,16H,2-9H2,1H3. The van der Waals surface area contributed by atoms with E-state index >= 15 is 0 Å². The summed E-state index contributed by atoms with van der Waals surface area (Å²) in [6.45, 7) is 5.41. The average Bonchev–Trinajstić information content (AvgIpc) is 3.30. The molecule has 1 aliphatic heterocycles. The second-order valence-electron chi connectivity index (χ2n) is 5.86. The number of rotatable bonds is 5. The molecule has 19 heavy (non-hydrogen) atoms. The van der Waals surface area contributed by atoms with E-state index in [0.29, 0.717) is 0 Å². The van der Waals surface area contributed by atoms with Gasteiger partial charge in [0.15, 0.2) is 0 Å². The Hall–Kier alpha value is -1.16. The van der Waals surface area contributed by atoms with Crippen LogP contribution in [-0.4, -0.2) is 29.1 Å². The number of nitrogens with zero attached hydrogens (tertiary/aromatic N) is 3. The second-order valence-corrected chi connectivity index (χ2v) is 5.86. The lowest BCUT2D eigenvalue weighted by molar-refractivity contribution is 0.393. The molecule has 0 spiro atoms. The van der Waals surface area contributed by atoms with Crippen LogP contribution in [0.5, 0.6) is 0 Å². The number of piperidine rings is 1. The Morgan fingerprint density at radius 1 is 1.16 bits per heavy atom. The zero-order valence-corrected chi connectivity index (χ0v) is 11.8. The Labute approximate surface area is 115 Å². The van der Waals surface area contributed by atoms with Gasteiger partial charge in [0.1, 0.15) is 5.82 Å². The Kier molecular flexibility index (Phi) is 3.97. The molecule has 2 heterocycles. The van der Waals surface area contributed by atoms with Crippen molar-refractivity contribution in [1.29, 1.82) is 0 Å². The van der Waals surface area contributed by atoms with Gasteiger partial charge in [-0.3, -0.25) is 4.98 Å². The van der Waals surface area contributed by atoms with Crippen LogP contribution in [0, 0.1) is 5.92 Å². The summed E-state index contributed by atoms with van der Waals surface area (Å²) in [5, 5.41) is 3.47. The molecular weight excluding hydrogens is 236 g/mol. The lowest BCUT2D eigenvalue weighted by Gasteiger charge is -2.32. The van der Waals surface area contributed by atoms with Gasteiger partial charge in [-0.25, -0.2) is 4.98 Å². The summed E-state index contributed by atoms with van der Waals surface area (Å²) in [7, 11) is 0. The molecule has 1 aromatic heterocycles. The molecule has 1 aliphatic carbocycles. The zero-order chi connectivity index (χ0) is 13.1. The van der Waals surface area contributed by atoms with Gasteiger partial charge < -0.3 is 10.2 Å². The number of aromatic nitrogens is 2. The van der Waals surface area contributed by atoms with Crippen LogP contribution in [0.15, 0.2) is 12.4 Å². The van der Waals surface area contributed by atoms with E-state index in [1.165, 1.54) is 32.1 Å². The first-order valence-electron chi connectivity index (χ1n) is 7.64. The third-order valence-corrected chi connectivity index (χ3v) is 4.36. The van der Waals surface area contributed by atoms with Crippen LogP contribution in [0.2, 0.25) is 0 Å². The summed E-state index contributed by atoms with van der Waals surface area (Å²) >= 11 is 0. The van der Waals surface area contributed by atoms with Crippen molar-refractivity contribution in [3.8, 4) is 0 Å². The molecule has 0 bridgehead atoms. The third kappa shape index (κ3) is 3.44. The molecule has 1 aromatic rings. The monoisotopic (exact) mass is 260 g/mol. The first kappa shape index (κ1) is 12.9. The number of anilines is 1. The SMILES string of the molecule is CCC1CCN(c2cnc(CNC3CC3)cn2)CC1. The van der Waals surface area contributed by atoms with Gasteiger partial charge in [-0.05, 0) is 31.6 Å². The molecule has 1 saturated carbocycles. The van der Waals surface area contributed by atoms with Crippen molar-refractivity contribution >= 4 is 5.82 Å². The van der Waals surface area contributed by atoms with Gasteiger partial charge in [-0.1, -0.05) is 13.3 Å². The van der Waals surface area contributed by atoms with E-state index in [9.17, 15) is 0 Å². The van der Waals surface area contributed by atoms with Gasteiger partial charge >= 0.3 is 0 Å². The summed E-state index contributed by atoms with van der Waals surface area (Å²) in [4.78, 5) is 11.5. The van der Waals surface area contributed by atoms with E-state index in [2.05, 4.69) is 27.1 Å². The van der Waals surface area contributed by atoms with Crippen molar-refractivity contribution < 1.29 is 0 Å². The minimum Gasteiger partial charge on any atom is -0.355 e. The number of hydrogen-bond donors (Lipinski definition) is 1. The van der Waals surface area contributed by atoms with Crippen molar-refractivity contribution in [2.45, 2.75) is 51.6 Å². The Bertz CT molecular complexity index is 391. The lowest BCUT2D eigenvalue weighted by atomic mass is 9.94. The van der Waals surface area contributed by atoms with E-state index < -0.39 is 0 Å². The largest absolute Gasteiger partial charge is 0.355 e. The predicted octanol–water partition coefficient (Wildman–Crippen LogP) is 2.36. The summed E-state index contributed by atoms with van der Waals surface area (Å²) in [5.74, 6) is 1.95. The molecule has 0 aromatic carbocycles. The van der Waals surface area contributed by atoms with Crippen LogP contribution in [0.25, 0.3) is 0 Å². The molecule has 4 nitrogen and oxygen atoms in total. The Morgan fingerprint density at radius 2 is 1.95 bits per heavy atom. The molecular formula is C15H24N4. The van der Waals surface area contributed by atoms with E-state index in [-0.39, 0.29) is 0 Å². The average molecular weight is 260 g/mol. The summed E-state index contributed by atoms with van der Waals surface area (Å²) in [6, 6.07) is 0.731. The highest BCUT2D eigenvalue weighted by Crippen LogP contribution is 2.23. The highest BCUT2D eigenvalue weighted by atomic mass is 15.2. The van der Waals surface area contributed by atoms with E-state index in [4.69, 9.17) is 0 Å². The lowest BCUT2D eigenvalue weighted by Crippen LogP contribution is -2.34. The smallest absolute Gasteiger partial charge is 0.147 e. The van der Waals surface area contributed by atoms with Gasteiger partial charge in [-0.15, -0.1) is 0 Å². The molecule has 0 amide bonds. The van der Waals surface area contributed by atoms with Gasteiger partial charge in [0, 0.05) is 25.7 Å². The van der Waals surface area contributed by atoms with Crippen molar-refractivity contribution in [2.75, 3.05) is 18.0 Å². The third-order valence-electron chi connectivity index (χ3n) is 4.36. The fourth-order valence-corrected chi connectivity index (χ4v) is 2.71. The number of hydrogen-bond acceptors (Lipinski definition) is 4. The molecule has 0 radical (unpaired) electrons. The van der Waals surface area contributed by atoms with Gasteiger partial charge in [0.25, 0.3) is 0 Å². The first-order chi connectivity index (χ1) is 9.35. The van der Waals surface area contributed by atoms with Crippen molar-refractivity contribution in [2.24, 2.45) is 5.92 Å². The number of nitrogens with one attached hydrogen (secondary N) is 1. The molecule has 1 saturated heterocycles. The maximum Gasteiger partial charge on any atom is 0.147 e. The second kappa shape index (κ2) is 5.87. The molecule has 1 N–H and O–H groups in total. The van der Waals surface area contributed by atoms with E-state index in [0.717, 1.165) is 43.1 Å². The zero-order valence-electron chi connectivity index (χ0n) is 11.8. The van der Waals surface area contributed by atoms with Crippen LogP contribution in [-0.2, 0) is 6.54 Å².